The summed E-state index contributed by atoms with van der Waals surface area (Å²) in [6, 6.07) is 0. The molecule has 0 radical (unpaired) electrons. The second-order valence-corrected chi connectivity index (χ2v) is 2.59. The average Bonchev–Trinajstić information content (AvgIpc) is 1.86. The molecule has 0 aliphatic carbocycles. The van der Waals surface area contributed by atoms with Crippen molar-refractivity contribution in [3.05, 3.63) is 0 Å². The third-order valence-corrected chi connectivity index (χ3v) is 1.39. The molecule has 0 saturated heterocycles. The highest BCUT2D eigenvalue weighted by Gasteiger charge is 2.00. The van der Waals surface area contributed by atoms with E-state index in [0.717, 1.165) is 25.0 Å². The largest absolute Gasteiger partial charge is 0.393 e. The Labute approximate surface area is 63.0 Å². The van der Waals surface area contributed by atoms with Crippen LogP contribution in [0, 0.1) is 0 Å². The summed E-state index contributed by atoms with van der Waals surface area (Å²) in [5.74, 6) is 0. The van der Waals surface area contributed by atoms with E-state index in [1.54, 1.807) is 14.0 Å². The van der Waals surface area contributed by atoms with E-state index >= 15 is 0 Å². The second-order valence-electron chi connectivity index (χ2n) is 2.59. The average molecular weight is 143 g/mol. The lowest BCUT2D eigenvalue weighted by Gasteiger charge is -2.05. The van der Waals surface area contributed by atoms with E-state index in [4.69, 9.17) is 5.11 Å². The van der Waals surface area contributed by atoms with Gasteiger partial charge in [0, 0.05) is 19.2 Å². The highest BCUT2D eigenvalue weighted by Crippen LogP contribution is 2.00. The van der Waals surface area contributed by atoms with Gasteiger partial charge >= 0.3 is 0 Å². The molecular formula is C8H17NO. The zero-order valence-corrected chi connectivity index (χ0v) is 7.09. The van der Waals surface area contributed by atoms with E-state index < -0.39 is 0 Å². The minimum atomic E-state index is -0.245. The summed E-state index contributed by atoms with van der Waals surface area (Å²) in [4.78, 5) is 4.07. The quantitative estimate of drug-likeness (QED) is 0.596. The number of aliphatic hydroxyl groups is 1. The highest BCUT2D eigenvalue weighted by molar-refractivity contribution is 5.84. The Morgan fingerprint density at radius 2 is 2.20 bits per heavy atom. The van der Waals surface area contributed by atoms with Crippen LogP contribution in [0.2, 0.25) is 0 Å². The fourth-order valence-corrected chi connectivity index (χ4v) is 0.935. The molecule has 2 nitrogen and oxygen atoms in total. The molecule has 60 valence electrons. The number of hydrogen-bond donors (Lipinski definition) is 1. The monoisotopic (exact) mass is 143 g/mol. The van der Waals surface area contributed by atoms with Gasteiger partial charge in [-0.3, -0.25) is 4.99 Å². The van der Waals surface area contributed by atoms with Crippen LogP contribution in [0.4, 0.5) is 0 Å². The number of nitrogens with zero attached hydrogens (tertiary/aromatic N) is 1. The van der Waals surface area contributed by atoms with Gasteiger partial charge < -0.3 is 5.11 Å². The lowest BCUT2D eigenvalue weighted by Crippen LogP contribution is -2.08. The topological polar surface area (TPSA) is 32.6 Å². The summed E-state index contributed by atoms with van der Waals surface area (Å²) >= 11 is 0. The van der Waals surface area contributed by atoms with Gasteiger partial charge in [-0.1, -0.05) is 13.3 Å². The Morgan fingerprint density at radius 3 is 2.50 bits per heavy atom. The third kappa shape index (κ3) is 4.50. The second kappa shape index (κ2) is 5.42. The molecule has 0 saturated carbocycles. The van der Waals surface area contributed by atoms with Crippen LogP contribution >= 0.6 is 0 Å². The Kier molecular flexibility index (Phi) is 5.22. The van der Waals surface area contributed by atoms with Crippen molar-refractivity contribution < 1.29 is 5.11 Å². The van der Waals surface area contributed by atoms with Crippen LogP contribution in [0.3, 0.4) is 0 Å². The van der Waals surface area contributed by atoms with Crippen LogP contribution in [-0.4, -0.2) is 24.0 Å². The van der Waals surface area contributed by atoms with E-state index in [1.807, 2.05) is 0 Å². The van der Waals surface area contributed by atoms with Crippen molar-refractivity contribution in [1.29, 1.82) is 0 Å². The summed E-state index contributed by atoms with van der Waals surface area (Å²) < 4.78 is 0. The Balaban J connectivity index is 3.62. The molecule has 0 fully saturated rings. The normalized spacial score (nSPS) is 15.4. The number of rotatable bonds is 4. The maximum Gasteiger partial charge on any atom is 0.0564 e. The smallest absolute Gasteiger partial charge is 0.0564 e. The van der Waals surface area contributed by atoms with Crippen molar-refractivity contribution >= 4 is 5.71 Å². The Hall–Kier alpha value is -0.370. The zero-order valence-electron chi connectivity index (χ0n) is 7.09. The van der Waals surface area contributed by atoms with Gasteiger partial charge in [0.1, 0.15) is 0 Å². The first-order valence-electron chi connectivity index (χ1n) is 3.83. The van der Waals surface area contributed by atoms with Crippen LogP contribution in [0.25, 0.3) is 0 Å². The summed E-state index contributed by atoms with van der Waals surface area (Å²) in [5.41, 5.74) is 1.12. The van der Waals surface area contributed by atoms with E-state index in [0.29, 0.717) is 0 Å². The van der Waals surface area contributed by atoms with Crippen molar-refractivity contribution in [2.45, 2.75) is 39.2 Å². The fourth-order valence-electron chi connectivity index (χ4n) is 0.935. The van der Waals surface area contributed by atoms with Crippen LogP contribution in [-0.2, 0) is 0 Å². The predicted molar refractivity (Wildman–Crippen MR) is 44.6 cm³/mol. The summed E-state index contributed by atoms with van der Waals surface area (Å²) in [7, 11) is 1.79. The number of hydrogen-bond acceptors (Lipinski definition) is 2. The number of aliphatic hydroxyl groups excluding tert-OH is 1. The first kappa shape index (κ1) is 9.63. The standard InChI is InChI=1S/C8H17NO/c1-4-5-8(9-3)6-7(2)10/h7,10H,4-6H2,1-3H3. The Morgan fingerprint density at radius 1 is 1.60 bits per heavy atom. The van der Waals surface area contributed by atoms with Gasteiger partial charge in [-0.15, -0.1) is 0 Å². The first-order valence-corrected chi connectivity index (χ1v) is 3.83. The van der Waals surface area contributed by atoms with Gasteiger partial charge in [0.25, 0.3) is 0 Å². The number of aliphatic imine (C=N–C) groups is 1. The van der Waals surface area contributed by atoms with Crippen LogP contribution in [0.5, 0.6) is 0 Å². The van der Waals surface area contributed by atoms with E-state index in [1.165, 1.54) is 0 Å². The first-order chi connectivity index (χ1) is 4.70. The molecule has 0 bridgehead atoms. The Bertz CT molecular complexity index is 108. The molecule has 1 unspecified atom stereocenters. The van der Waals surface area contributed by atoms with Crippen molar-refractivity contribution in [3.8, 4) is 0 Å². The third-order valence-electron chi connectivity index (χ3n) is 1.39. The minimum Gasteiger partial charge on any atom is -0.393 e. The molecular weight excluding hydrogens is 126 g/mol. The fraction of sp³-hybridized carbons (Fsp3) is 0.875. The van der Waals surface area contributed by atoms with E-state index in [9.17, 15) is 0 Å². The van der Waals surface area contributed by atoms with E-state index in [-0.39, 0.29) is 6.10 Å². The van der Waals surface area contributed by atoms with Gasteiger partial charge in [0.2, 0.25) is 0 Å². The van der Waals surface area contributed by atoms with Gasteiger partial charge in [0.05, 0.1) is 6.10 Å². The molecule has 0 aromatic heterocycles. The lowest BCUT2D eigenvalue weighted by molar-refractivity contribution is 0.202. The maximum atomic E-state index is 9.00. The minimum absolute atomic E-state index is 0.245. The zero-order chi connectivity index (χ0) is 7.98. The van der Waals surface area contributed by atoms with Gasteiger partial charge in [-0.05, 0) is 13.3 Å². The molecule has 0 spiro atoms. The van der Waals surface area contributed by atoms with Crippen molar-refractivity contribution in [2.75, 3.05) is 7.05 Å². The molecule has 0 aliphatic heterocycles. The van der Waals surface area contributed by atoms with E-state index in [2.05, 4.69) is 11.9 Å². The molecule has 1 N–H and O–H groups in total. The molecule has 0 heterocycles. The van der Waals surface area contributed by atoms with Gasteiger partial charge in [-0.25, -0.2) is 0 Å². The molecule has 2 heteroatoms. The molecule has 0 aromatic carbocycles. The molecule has 10 heavy (non-hydrogen) atoms. The van der Waals surface area contributed by atoms with Crippen LogP contribution in [0.15, 0.2) is 4.99 Å². The lowest BCUT2D eigenvalue weighted by atomic mass is 10.1. The predicted octanol–water partition coefficient (Wildman–Crippen LogP) is 1.63. The molecule has 0 aliphatic rings. The summed E-state index contributed by atoms with van der Waals surface area (Å²) in [6.45, 7) is 3.91. The van der Waals surface area contributed by atoms with Crippen LogP contribution < -0.4 is 0 Å². The highest BCUT2D eigenvalue weighted by atomic mass is 16.3. The van der Waals surface area contributed by atoms with Crippen molar-refractivity contribution in [3.63, 3.8) is 0 Å². The van der Waals surface area contributed by atoms with Crippen LogP contribution in [0.1, 0.15) is 33.1 Å². The SMILES string of the molecule is CCCC(CC(C)O)=NC. The molecule has 0 aromatic rings. The van der Waals surface area contributed by atoms with Crippen molar-refractivity contribution in [1.82, 2.24) is 0 Å². The van der Waals surface area contributed by atoms with Crippen molar-refractivity contribution in [2.24, 2.45) is 4.99 Å². The molecule has 0 rings (SSSR count). The van der Waals surface area contributed by atoms with Gasteiger partial charge in [-0.2, -0.15) is 0 Å². The summed E-state index contributed by atoms with van der Waals surface area (Å²) in [6.07, 6.45) is 2.61. The summed E-state index contributed by atoms with van der Waals surface area (Å²) in [5, 5.41) is 9.00. The molecule has 1 atom stereocenters. The maximum absolute atomic E-state index is 9.00. The molecule has 0 amide bonds. The van der Waals surface area contributed by atoms with Gasteiger partial charge in [0.15, 0.2) is 0 Å².